The van der Waals surface area contributed by atoms with Crippen LogP contribution < -0.4 is 0 Å². The van der Waals surface area contributed by atoms with Crippen molar-refractivity contribution in [3.8, 4) is 0 Å². The molecule has 0 N–H and O–H groups in total. The quantitative estimate of drug-likeness (QED) is 0.447. The number of carbonyl (C=O) groups is 3. The molecule has 110 valence electrons. The van der Waals surface area contributed by atoms with E-state index in [1.165, 1.54) is 20.3 Å². The average molecular weight is 280 g/mol. The molecular weight excluding hydrogens is 260 g/mol. The van der Waals surface area contributed by atoms with Gasteiger partial charge in [-0.1, -0.05) is 17.2 Å². The third-order valence-corrected chi connectivity index (χ3v) is 3.37. The highest BCUT2D eigenvalue weighted by atomic mass is 16.5. The molecule has 0 radical (unpaired) electrons. The number of hydrogen-bond donors (Lipinski definition) is 0. The van der Waals surface area contributed by atoms with Gasteiger partial charge in [0.2, 0.25) is 0 Å². The summed E-state index contributed by atoms with van der Waals surface area (Å²) in [7, 11) is 2.52. The van der Waals surface area contributed by atoms with Crippen LogP contribution in [0.5, 0.6) is 0 Å². The van der Waals surface area contributed by atoms with Crippen molar-refractivity contribution in [2.24, 2.45) is 17.8 Å². The Morgan fingerprint density at radius 2 is 1.60 bits per heavy atom. The number of ether oxygens (including phenoxy) is 2. The summed E-state index contributed by atoms with van der Waals surface area (Å²) < 4.78 is 9.49. The first-order valence-corrected chi connectivity index (χ1v) is 6.36. The Balaban J connectivity index is 3.37. The predicted molar refractivity (Wildman–Crippen MR) is 72.7 cm³/mol. The second-order valence-corrected chi connectivity index (χ2v) is 5.11. The van der Waals surface area contributed by atoms with E-state index in [0.29, 0.717) is 5.57 Å². The third kappa shape index (κ3) is 3.15. The van der Waals surface area contributed by atoms with Crippen molar-refractivity contribution >= 4 is 17.7 Å². The van der Waals surface area contributed by atoms with Crippen molar-refractivity contribution in [3.05, 3.63) is 23.3 Å². The molecule has 0 amide bonds. The van der Waals surface area contributed by atoms with Gasteiger partial charge in [-0.05, 0) is 26.8 Å². The van der Waals surface area contributed by atoms with E-state index in [9.17, 15) is 14.4 Å². The molecule has 1 aliphatic rings. The van der Waals surface area contributed by atoms with Crippen molar-refractivity contribution in [2.45, 2.75) is 20.8 Å². The van der Waals surface area contributed by atoms with Crippen LogP contribution in [0.3, 0.4) is 0 Å². The Hall–Kier alpha value is -1.91. The highest BCUT2D eigenvalue weighted by molar-refractivity contribution is 6.07. The summed E-state index contributed by atoms with van der Waals surface area (Å²) in [6.07, 6.45) is 3.09. The van der Waals surface area contributed by atoms with E-state index in [1.54, 1.807) is 13.0 Å². The molecular formula is C15H20O5. The zero-order valence-electron chi connectivity index (χ0n) is 12.4. The fraction of sp³-hybridized carbons (Fsp3) is 0.533. The number of methoxy groups -OCH3 is 2. The largest absolute Gasteiger partial charge is 0.469 e. The molecule has 20 heavy (non-hydrogen) atoms. The van der Waals surface area contributed by atoms with Crippen molar-refractivity contribution in [1.29, 1.82) is 0 Å². The van der Waals surface area contributed by atoms with E-state index >= 15 is 0 Å². The summed E-state index contributed by atoms with van der Waals surface area (Å²) in [5.74, 6) is -3.63. The van der Waals surface area contributed by atoms with E-state index < -0.39 is 29.7 Å². The van der Waals surface area contributed by atoms with Crippen molar-refractivity contribution in [3.63, 3.8) is 0 Å². The molecule has 0 aromatic rings. The monoisotopic (exact) mass is 280 g/mol. The molecule has 1 unspecified atom stereocenters. The van der Waals surface area contributed by atoms with Crippen LogP contribution in [0.25, 0.3) is 0 Å². The summed E-state index contributed by atoms with van der Waals surface area (Å²) in [5, 5.41) is 0. The molecule has 0 bridgehead atoms. The lowest BCUT2D eigenvalue weighted by molar-refractivity contribution is -0.153. The smallest absolute Gasteiger partial charge is 0.317 e. The van der Waals surface area contributed by atoms with Crippen LogP contribution in [-0.2, 0) is 23.9 Å². The predicted octanol–water partition coefficient (Wildman–Crippen LogP) is 1.68. The first-order valence-electron chi connectivity index (χ1n) is 6.36. The van der Waals surface area contributed by atoms with Gasteiger partial charge in [0.25, 0.3) is 0 Å². The molecule has 0 fully saturated rings. The zero-order chi connectivity index (χ0) is 15.4. The van der Waals surface area contributed by atoms with Gasteiger partial charge in [0.1, 0.15) is 5.92 Å². The first kappa shape index (κ1) is 16.1. The number of ketones is 1. The lowest BCUT2D eigenvalue weighted by atomic mass is 9.71. The van der Waals surface area contributed by atoms with Gasteiger partial charge in [-0.3, -0.25) is 14.4 Å². The number of allylic oxidation sites excluding steroid dienone is 3. The van der Waals surface area contributed by atoms with Gasteiger partial charge in [-0.2, -0.15) is 0 Å². The van der Waals surface area contributed by atoms with E-state index in [4.69, 9.17) is 9.47 Å². The maximum absolute atomic E-state index is 12.1. The Labute approximate surface area is 118 Å². The second-order valence-electron chi connectivity index (χ2n) is 5.11. The summed E-state index contributed by atoms with van der Waals surface area (Å²) in [5.41, 5.74) is 1.52. The minimum atomic E-state index is -0.998. The Bertz CT molecular complexity index is 482. The minimum absolute atomic E-state index is 0.336. The van der Waals surface area contributed by atoms with Crippen molar-refractivity contribution < 1.29 is 23.9 Å². The topological polar surface area (TPSA) is 69.7 Å². The fourth-order valence-corrected chi connectivity index (χ4v) is 2.54. The summed E-state index contributed by atoms with van der Waals surface area (Å²) in [6, 6.07) is 0. The second kappa shape index (κ2) is 6.50. The Kier molecular flexibility index (Phi) is 5.25. The van der Waals surface area contributed by atoms with Crippen molar-refractivity contribution in [1.82, 2.24) is 0 Å². The fourth-order valence-electron chi connectivity index (χ4n) is 2.54. The van der Waals surface area contributed by atoms with Gasteiger partial charge in [0, 0.05) is 5.92 Å². The van der Waals surface area contributed by atoms with Crippen LogP contribution in [0.1, 0.15) is 20.8 Å². The normalized spacial score (nSPS) is 25.6. The molecule has 5 heteroatoms. The van der Waals surface area contributed by atoms with Gasteiger partial charge in [0.15, 0.2) is 5.78 Å². The van der Waals surface area contributed by atoms with Crippen molar-refractivity contribution in [2.75, 3.05) is 14.2 Å². The van der Waals surface area contributed by atoms with E-state index in [1.807, 2.05) is 13.8 Å². The molecule has 3 atom stereocenters. The first-order chi connectivity index (χ1) is 9.33. The van der Waals surface area contributed by atoms with Gasteiger partial charge in [0.05, 0.1) is 20.1 Å². The highest BCUT2D eigenvalue weighted by Gasteiger charge is 2.45. The third-order valence-electron chi connectivity index (χ3n) is 3.37. The maximum Gasteiger partial charge on any atom is 0.317 e. The van der Waals surface area contributed by atoms with Gasteiger partial charge in [-0.25, -0.2) is 0 Å². The number of carbonyl (C=O) groups excluding carboxylic acids is 3. The van der Waals surface area contributed by atoms with Gasteiger partial charge >= 0.3 is 11.9 Å². The van der Waals surface area contributed by atoms with E-state index in [2.05, 4.69) is 0 Å². The zero-order valence-corrected chi connectivity index (χ0v) is 12.4. The molecule has 0 saturated carbocycles. The van der Waals surface area contributed by atoms with Gasteiger partial charge in [-0.15, -0.1) is 0 Å². The molecule has 1 aliphatic carbocycles. The molecule has 0 spiro atoms. The molecule has 0 aromatic carbocycles. The standard InChI is InChI=1S/C15H20O5/c1-8(2)6-10-12(14(17)19-4)9(3)7-11(16)13(10)15(18)20-5/h6-7,10,12-13H,1-5H3/t10-,12?,13+/m0/s1. The lowest BCUT2D eigenvalue weighted by Crippen LogP contribution is -2.42. The van der Waals surface area contributed by atoms with Crippen LogP contribution in [0.4, 0.5) is 0 Å². The SMILES string of the molecule is COC(=O)C1C(C)=CC(=O)[C@H](C(=O)OC)[C@H]1C=C(C)C. The molecule has 0 heterocycles. The van der Waals surface area contributed by atoms with Crippen LogP contribution in [0, 0.1) is 17.8 Å². The number of hydrogen-bond acceptors (Lipinski definition) is 5. The van der Waals surface area contributed by atoms with E-state index in [0.717, 1.165) is 5.57 Å². The Morgan fingerprint density at radius 3 is 2.05 bits per heavy atom. The molecule has 5 nitrogen and oxygen atoms in total. The number of rotatable bonds is 3. The molecule has 0 aliphatic heterocycles. The molecule has 1 rings (SSSR count). The molecule has 0 saturated heterocycles. The van der Waals surface area contributed by atoms with Crippen LogP contribution in [0.2, 0.25) is 0 Å². The summed E-state index contributed by atoms with van der Waals surface area (Å²) in [4.78, 5) is 36.0. The maximum atomic E-state index is 12.1. The average Bonchev–Trinajstić information content (AvgIpc) is 2.36. The van der Waals surface area contributed by atoms with E-state index in [-0.39, 0.29) is 5.78 Å². The summed E-state index contributed by atoms with van der Waals surface area (Å²) in [6.45, 7) is 5.39. The minimum Gasteiger partial charge on any atom is -0.469 e. The number of esters is 2. The highest BCUT2D eigenvalue weighted by Crippen LogP contribution is 2.36. The van der Waals surface area contributed by atoms with Crippen LogP contribution >= 0.6 is 0 Å². The van der Waals surface area contributed by atoms with Crippen LogP contribution in [0.15, 0.2) is 23.3 Å². The van der Waals surface area contributed by atoms with Crippen LogP contribution in [-0.4, -0.2) is 31.9 Å². The molecule has 0 aromatic heterocycles. The Morgan fingerprint density at radius 1 is 1.10 bits per heavy atom. The lowest BCUT2D eigenvalue weighted by Gasteiger charge is -2.32. The summed E-state index contributed by atoms with van der Waals surface area (Å²) >= 11 is 0. The van der Waals surface area contributed by atoms with Gasteiger partial charge < -0.3 is 9.47 Å².